The second-order valence-corrected chi connectivity index (χ2v) is 3.69. The minimum absolute atomic E-state index is 0.140. The van der Waals surface area contributed by atoms with E-state index in [1.807, 2.05) is 13.8 Å². The summed E-state index contributed by atoms with van der Waals surface area (Å²) in [5, 5.41) is 0. The van der Waals surface area contributed by atoms with Crippen molar-refractivity contribution in [3.63, 3.8) is 0 Å². The quantitative estimate of drug-likeness (QED) is 0.482. The molecule has 0 rings (SSSR count). The van der Waals surface area contributed by atoms with Crippen LogP contribution >= 0.6 is 0 Å². The van der Waals surface area contributed by atoms with Crippen molar-refractivity contribution in [3.05, 3.63) is 0 Å². The predicted octanol–water partition coefficient (Wildman–Crippen LogP) is 1.02. The molecule has 0 spiro atoms. The fourth-order valence-electron chi connectivity index (χ4n) is 1.06. The molecule has 0 aromatic carbocycles. The topological polar surface area (TPSA) is 80.0 Å². The average molecular weight is 293 g/mol. The van der Waals surface area contributed by atoms with E-state index in [1.54, 1.807) is 6.92 Å². The molecule has 0 atom stereocenters. The molecule has 0 unspecified atom stereocenters. The van der Waals surface area contributed by atoms with E-state index in [2.05, 4.69) is 0 Å². The van der Waals surface area contributed by atoms with Crippen molar-refractivity contribution >= 4 is 5.78 Å². The Morgan fingerprint density at radius 2 is 1.10 bits per heavy atom. The lowest BCUT2D eigenvalue weighted by Crippen LogP contribution is -2.14. The van der Waals surface area contributed by atoms with Gasteiger partial charge in [-0.15, -0.1) is 0 Å². The SMILES string of the molecule is CC.CC(=O)CCOCCOCCOCCOCCN. The minimum atomic E-state index is 0.140. The smallest absolute Gasteiger partial charge is 0.132 e. The minimum Gasteiger partial charge on any atom is -0.379 e. The lowest BCUT2D eigenvalue weighted by Gasteiger charge is -2.06. The number of hydrogen-bond acceptors (Lipinski definition) is 6. The Bertz CT molecular complexity index is 190. The maximum Gasteiger partial charge on any atom is 0.132 e. The number of Topliss-reactive ketones (excluding diaryl/α,β-unsaturated/α-hetero) is 1. The second-order valence-electron chi connectivity index (χ2n) is 3.69. The van der Waals surface area contributed by atoms with E-state index in [1.165, 1.54) is 0 Å². The van der Waals surface area contributed by atoms with Gasteiger partial charge in [0.25, 0.3) is 0 Å². The van der Waals surface area contributed by atoms with E-state index in [-0.39, 0.29) is 5.78 Å². The van der Waals surface area contributed by atoms with Crippen molar-refractivity contribution in [1.29, 1.82) is 0 Å². The summed E-state index contributed by atoms with van der Waals surface area (Å²) >= 11 is 0. The molecule has 0 saturated carbocycles. The summed E-state index contributed by atoms with van der Waals surface area (Å²) in [5.74, 6) is 0.140. The molecule has 0 fully saturated rings. The maximum atomic E-state index is 10.6. The van der Waals surface area contributed by atoms with Gasteiger partial charge in [-0.2, -0.15) is 0 Å². The fraction of sp³-hybridized carbons (Fsp3) is 0.929. The largest absolute Gasteiger partial charge is 0.379 e. The van der Waals surface area contributed by atoms with Crippen molar-refractivity contribution < 1.29 is 23.7 Å². The van der Waals surface area contributed by atoms with Crippen LogP contribution in [0.15, 0.2) is 0 Å². The van der Waals surface area contributed by atoms with Crippen LogP contribution in [0.2, 0.25) is 0 Å². The van der Waals surface area contributed by atoms with Crippen molar-refractivity contribution in [2.24, 2.45) is 5.73 Å². The molecule has 122 valence electrons. The van der Waals surface area contributed by atoms with Crippen LogP contribution in [0.1, 0.15) is 27.2 Å². The Labute approximate surface area is 122 Å². The summed E-state index contributed by atoms with van der Waals surface area (Å²) in [6.07, 6.45) is 0.464. The van der Waals surface area contributed by atoms with Crippen LogP contribution in [-0.4, -0.2) is 65.2 Å². The van der Waals surface area contributed by atoms with Gasteiger partial charge >= 0.3 is 0 Å². The van der Waals surface area contributed by atoms with Gasteiger partial charge < -0.3 is 24.7 Å². The van der Waals surface area contributed by atoms with E-state index >= 15 is 0 Å². The zero-order chi connectivity index (χ0) is 15.5. The van der Waals surface area contributed by atoms with Crippen LogP contribution in [0, 0.1) is 0 Å². The number of ketones is 1. The van der Waals surface area contributed by atoms with Gasteiger partial charge in [0.15, 0.2) is 0 Å². The highest BCUT2D eigenvalue weighted by molar-refractivity contribution is 5.75. The van der Waals surface area contributed by atoms with Crippen molar-refractivity contribution in [3.8, 4) is 0 Å². The molecule has 0 aliphatic heterocycles. The molecule has 0 bridgehead atoms. The van der Waals surface area contributed by atoms with Crippen LogP contribution in [0.3, 0.4) is 0 Å². The summed E-state index contributed by atoms with van der Waals surface area (Å²) in [6.45, 7) is 10.3. The molecule has 0 aromatic rings. The third-order valence-corrected chi connectivity index (χ3v) is 1.98. The van der Waals surface area contributed by atoms with Crippen molar-refractivity contribution in [2.45, 2.75) is 27.2 Å². The summed E-state index contributed by atoms with van der Waals surface area (Å²) < 4.78 is 20.9. The highest BCUT2D eigenvalue weighted by Gasteiger charge is 1.94. The zero-order valence-electron chi connectivity index (χ0n) is 13.2. The maximum absolute atomic E-state index is 10.6. The molecule has 0 aromatic heterocycles. The third-order valence-electron chi connectivity index (χ3n) is 1.98. The Balaban J connectivity index is 0. The Morgan fingerprint density at radius 1 is 0.750 bits per heavy atom. The fourth-order valence-corrected chi connectivity index (χ4v) is 1.06. The molecule has 0 amide bonds. The van der Waals surface area contributed by atoms with Gasteiger partial charge in [0.05, 0.1) is 52.9 Å². The van der Waals surface area contributed by atoms with Crippen LogP contribution < -0.4 is 5.73 Å². The van der Waals surface area contributed by atoms with Crippen molar-refractivity contribution in [2.75, 3.05) is 59.4 Å². The Hall–Kier alpha value is -0.530. The van der Waals surface area contributed by atoms with Crippen LogP contribution in [-0.2, 0) is 23.7 Å². The summed E-state index contributed by atoms with van der Waals surface area (Å²) in [6, 6.07) is 0. The van der Waals surface area contributed by atoms with E-state index in [0.29, 0.717) is 65.8 Å². The molecule has 6 nitrogen and oxygen atoms in total. The number of carbonyl (C=O) groups is 1. The molecular weight excluding hydrogens is 262 g/mol. The number of hydrogen-bond donors (Lipinski definition) is 1. The van der Waals surface area contributed by atoms with Gasteiger partial charge in [0.1, 0.15) is 5.78 Å². The summed E-state index contributed by atoms with van der Waals surface area (Å²) in [4.78, 5) is 10.6. The van der Waals surface area contributed by atoms with Gasteiger partial charge in [-0.1, -0.05) is 13.8 Å². The molecule has 6 heteroatoms. The monoisotopic (exact) mass is 293 g/mol. The lowest BCUT2D eigenvalue weighted by molar-refractivity contribution is -0.118. The molecular formula is C14H31NO5. The highest BCUT2D eigenvalue weighted by Crippen LogP contribution is 1.86. The van der Waals surface area contributed by atoms with Gasteiger partial charge in [-0.05, 0) is 6.92 Å². The average Bonchev–Trinajstić information content (AvgIpc) is 2.46. The van der Waals surface area contributed by atoms with Gasteiger partial charge in [0, 0.05) is 13.0 Å². The first-order valence-corrected chi connectivity index (χ1v) is 7.28. The van der Waals surface area contributed by atoms with E-state index in [4.69, 9.17) is 24.7 Å². The van der Waals surface area contributed by atoms with Crippen LogP contribution in [0.5, 0.6) is 0 Å². The normalized spacial score (nSPS) is 10.0. The summed E-state index contributed by atoms with van der Waals surface area (Å²) in [7, 11) is 0. The first-order chi connectivity index (χ1) is 9.77. The van der Waals surface area contributed by atoms with Crippen LogP contribution in [0.25, 0.3) is 0 Å². The second kappa shape index (κ2) is 20.8. The van der Waals surface area contributed by atoms with Gasteiger partial charge in [0.2, 0.25) is 0 Å². The van der Waals surface area contributed by atoms with E-state index in [0.717, 1.165) is 0 Å². The molecule has 0 radical (unpaired) electrons. The summed E-state index contributed by atoms with van der Waals surface area (Å²) in [5.41, 5.74) is 5.26. The molecule has 0 saturated heterocycles. The zero-order valence-corrected chi connectivity index (χ0v) is 13.2. The molecule has 0 aliphatic rings. The first kappa shape index (κ1) is 21.8. The van der Waals surface area contributed by atoms with Crippen LogP contribution in [0.4, 0.5) is 0 Å². The number of nitrogens with two attached hydrogens (primary N) is 1. The predicted molar refractivity (Wildman–Crippen MR) is 79.0 cm³/mol. The molecule has 0 heterocycles. The highest BCUT2D eigenvalue weighted by atomic mass is 16.6. The van der Waals surface area contributed by atoms with E-state index < -0.39 is 0 Å². The van der Waals surface area contributed by atoms with Gasteiger partial charge in [-0.25, -0.2) is 0 Å². The first-order valence-electron chi connectivity index (χ1n) is 7.28. The lowest BCUT2D eigenvalue weighted by atomic mass is 10.3. The van der Waals surface area contributed by atoms with Crippen molar-refractivity contribution in [1.82, 2.24) is 0 Å². The Morgan fingerprint density at radius 3 is 1.45 bits per heavy atom. The number of carbonyl (C=O) groups excluding carboxylic acids is 1. The Kier molecular flexibility index (Phi) is 22.6. The molecule has 20 heavy (non-hydrogen) atoms. The molecule has 0 aliphatic carbocycles. The standard InChI is InChI=1S/C12H25NO5.C2H6/c1-12(14)2-4-15-6-8-17-10-11-18-9-7-16-5-3-13;1-2/h2-11,13H2,1H3;1-2H3. The number of rotatable bonds is 14. The van der Waals surface area contributed by atoms with E-state index in [9.17, 15) is 4.79 Å². The third kappa shape index (κ3) is 22.6. The molecule has 2 N–H and O–H groups in total. The van der Waals surface area contributed by atoms with Gasteiger partial charge in [-0.3, -0.25) is 4.79 Å². The number of ether oxygens (including phenoxy) is 4.